The summed E-state index contributed by atoms with van der Waals surface area (Å²) in [5, 5.41) is 0.489. The van der Waals surface area contributed by atoms with E-state index in [1.165, 1.54) is 6.07 Å². The van der Waals surface area contributed by atoms with Gasteiger partial charge in [-0.25, -0.2) is 0 Å². The third kappa shape index (κ3) is 5.39. The Kier molecular flexibility index (Phi) is 6.24. The Bertz CT molecular complexity index is 1190. The third-order valence-corrected chi connectivity index (χ3v) is 5.67. The molecule has 33 heavy (non-hydrogen) atoms. The monoisotopic (exact) mass is 470 g/mol. The minimum absolute atomic E-state index is 0.105. The fourth-order valence-corrected chi connectivity index (χ4v) is 3.95. The molecule has 3 aromatic rings. The molecule has 1 saturated heterocycles. The van der Waals surface area contributed by atoms with E-state index in [1.54, 1.807) is 29.2 Å². The van der Waals surface area contributed by atoms with Crippen LogP contribution in [0.5, 0.6) is 0 Å². The van der Waals surface area contributed by atoms with E-state index < -0.39 is 23.5 Å². The van der Waals surface area contributed by atoms with Crippen molar-refractivity contribution in [2.45, 2.75) is 25.4 Å². The Morgan fingerprint density at radius 3 is 2.06 bits per heavy atom. The summed E-state index contributed by atoms with van der Waals surface area (Å²) >= 11 is 0. The van der Waals surface area contributed by atoms with E-state index in [0.29, 0.717) is 55.5 Å². The second-order valence-electron chi connectivity index (χ2n) is 7.99. The van der Waals surface area contributed by atoms with Gasteiger partial charge in [0.05, 0.1) is 23.1 Å². The molecular weight excluding hydrogens is 450 g/mol. The summed E-state index contributed by atoms with van der Waals surface area (Å²) in [5.74, 6) is 0.495. The lowest BCUT2D eigenvalue weighted by Crippen LogP contribution is -2.45. The molecule has 0 amide bonds. The largest absolute Gasteiger partial charge is 0.459 e. The van der Waals surface area contributed by atoms with Crippen molar-refractivity contribution in [3.63, 3.8) is 0 Å². The maximum absolute atomic E-state index is 13.4. The van der Waals surface area contributed by atoms with Crippen LogP contribution in [-0.4, -0.2) is 36.0 Å². The van der Waals surface area contributed by atoms with Crippen LogP contribution in [0.4, 0.5) is 26.3 Å². The van der Waals surface area contributed by atoms with Gasteiger partial charge < -0.3 is 4.42 Å². The van der Waals surface area contributed by atoms with Gasteiger partial charge in [-0.2, -0.15) is 26.3 Å². The summed E-state index contributed by atoms with van der Waals surface area (Å²) in [6.07, 6.45) is -9.73. The number of nitrogens with zero attached hydrogens (tertiary/aromatic N) is 2. The molecule has 0 bridgehead atoms. The molecule has 0 atom stereocenters. The van der Waals surface area contributed by atoms with E-state index in [-0.39, 0.29) is 23.6 Å². The van der Waals surface area contributed by atoms with Crippen LogP contribution < -0.4 is 5.43 Å². The second-order valence-corrected chi connectivity index (χ2v) is 7.99. The van der Waals surface area contributed by atoms with Crippen molar-refractivity contribution in [3.8, 4) is 0 Å². The van der Waals surface area contributed by atoms with Crippen molar-refractivity contribution < 1.29 is 30.8 Å². The van der Waals surface area contributed by atoms with Crippen LogP contribution in [0.15, 0.2) is 57.7 Å². The number of hydrogen-bond acceptors (Lipinski definition) is 4. The summed E-state index contributed by atoms with van der Waals surface area (Å²) in [6.45, 7) is 2.15. The lowest BCUT2D eigenvalue weighted by atomic mass is 10.0. The number of fused-ring (bicyclic) bond motifs is 1. The van der Waals surface area contributed by atoms with Crippen LogP contribution in [0, 0.1) is 0 Å². The molecular formula is C23H20F6N2O2. The average molecular weight is 470 g/mol. The summed E-state index contributed by atoms with van der Waals surface area (Å²) in [6, 6.07) is 10.1. The van der Waals surface area contributed by atoms with Gasteiger partial charge in [-0.3, -0.25) is 14.6 Å². The highest BCUT2D eigenvalue weighted by atomic mass is 19.4. The van der Waals surface area contributed by atoms with Gasteiger partial charge in [0.25, 0.3) is 0 Å². The van der Waals surface area contributed by atoms with E-state index in [4.69, 9.17) is 4.42 Å². The Labute approximate surface area is 185 Å². The Balaban J connectivity index is 1.42. The topological polar surface area (TPSA) is 36.7 Å². The molecule has 1 aliphatic heterocycles. The second kappa shape index (κ2) is 8.83. The Morgan fingerprint density at radius 1 is 0.788 bits per heavy atom. The average Bonchev–Trinajstić information content (AvgIpc) is 2.74. The first-order chi connectivity index (χ1) is 15.5. The zero-order chi connectivity index (χ0) is 23.8. The fraction of sp³-hybridized carbons (Fsp3) is 0.348. The number of benzene rings is 2. The normalized spacial score (nSPS) is 16.4. The highest BCUT2D eigenvalue weighted by Gasteiger charge is 2.38. The smallest absolute Gasteiger partial charge is 0.416 e. The SMILES string of the molecule is O=c1cc(CN2CCN(Cc3ccc(C(F)(F)F)cc3C(F)(F)F)CC2)oc2ccccc12. The summed E-state index contributed by atoms with van der Waals surface area (Å²) in [4.78, 5) is 16.0. The van der Waals surface area contributed by atoms with E-state index in [2.05, 4.69) is 0 Å². The van der Waals surface area contributed by atoms with Crippen LogP contribution in [0.2, 0.25) is 0 Å². The van der Waals surface area contributed by atoms with Crippen molar-refractivity contribution in [3.05, 3.63) is 81.2 Å². The molecule has 0 radical (unpaired) electrons. The molecule has 1 fully saturated rings. The van der Waals surface area contributed by atoms with Crippen molar-refractivity contribution in [1.82, 2.24) is 9.80 Å². The molecule has 4 rings (SSSR count). The number of para-hydroxylation sites is 1. The van der Waals surface area contributed by atoms with Gasteiger partial charge in [-0.05, 0) is 29.8 Å². The number of halogens is 6. The van der Waals surface area contributed by atoms with Crippen molar-refractivity contribution in [2.24, 2.45) is 0 Å². The quantitative estimate of drug-likeness (QED) is 0.495. The first-order valence-electron chi connectivity index (χ1n) is 10.2. The van der Waals surface area contributed by atoms with Gasteiger partial charge in [0, 0.05) is 38.8 Å². The highest BCUT2D eigenvalue weighted by Crippen LogP contribution is 2.37. The van der Waals surface area contributed by atoms with Crippen LogP contribution in [0.3, 0.4) is 0 Å². The van der Waals surface area contributed by atoms with Crippen LogP contribution in [-0.2, 0) is 25.4 Å². The van der Waals surface area contributed by atoms with E-state index in [1.807, 2.05) is 4.90 Å². The molecule has 4 nitrogen and oxygen atoms in total. The van der Waals surface area contributed by atoms with Gasteiger partial charge in [0.1, 0.15) is 11.3 Å². The Hall–Kier alpha value is -2.85. The lowest BCUT2D eigenvalue weighted by Gasteiger charge is -2.34. The molecule has 1 aromatic heterocycles. The number of hydrogen-bond donors (Lipinski definition) is 0. The van der Waals surface area contributed by atoms with Crippen LogP contribution in [0.25, 0.3) is 11.0 Å². The maximum atomic E-state index is 13.4. The third-order valence-electron chi connectivity index (χ3n) is 5.67. The van der Waals surface area contributed by atoms with Crippen molar-refractivity contribution in [1.29, 1.82) is 0 Å². The minimum atomic E-state index is -4.88. The maximum Gasteiger partial charge on any atom is 0.416 e. The standard InChI is InChI=1S/C23H20F6N2O2/c24-22(25,26)16-6-5-15(19(11-16)23(27,28)29)13-30-7-9-31(10-8-30)14-17-12-20(32)18-3-1-2-4-21(18)33-17/h1-6,11-12H,7-10,13-14H2. The summed E-state index contributed by atoms with van der Waals surface area (Å²) in [5.41, 5.74) is -2.43. The number of alkyl halides is 6. The van der Waals surface area contributed by atoms with Crippen molar-refractivity contribution in [2.75, 3.05) is 26.2 Å². The zero-order valence-electron chi connectivity index (χ0n) is 17.3. The number of piperazine rings is 1. The predicted molar refractivity (Wildman–Crippen MR) is 109 cm³/mol. The molecule has 0 N–H and O–H groups in total. The van der Waals surface area contributed by atoms with Gasteiger partial charge >= 0.3 is 12.4 Å². The lowest BCUT2D eigenvalue weighted by molar-refractivity contribution is -0.143. The molecule has 176 valence electrons. The van der Waals surface area contributed by atoms with Gasteiger partial charge in [-0.15, -0.1) is 0 Å². The van der Waals surface area contributed by atoms with E-state index in [9.17, 15) is 31.1 Å². The molecule has 0 saturated carbocycles. The highest BCUT2D eigenvalue weighted by molar-refractivity contribution is 5.76. The molecule has 0 unspecified atom stereocenters. The van der Waals surface area contributed by atoms with E-state index in [0.717, 1.165) is 6.07 Å². The summed E-state index contributed by atoms with van der Waals surface area (Å²) in [7, 11) is 0. The molecule has 0 spiro atoms. The van der Waals surface area contributed by atoms with Gasteiger partial charge in [0.15, 0.2) is 5.43 Å². The first-order valence-corrected chi connectivity index (χ1v) is 10.2. The van der Waals surface area contributed by atoms with Crippen LogP contribution in [0.1, 0.15) is 22.5 Å². The van der Waals surface area contributed by atoms with Crippen LogP contribution >= 0.6 is 0 Å². The van der Waals surface area contributed by atoms with E-state index >= 15 is 0 Å². The molecule has 0 aliphatic carbocycles. The first kappa shape index (κ1) is 23.3. The molecule has 2 aromatic carbocycles. The molecule has 10 heteroatoms. The molecule has 2 heterocycles. The predicted octanol–water partition coefficient (Wildman–Crippen LogP) is 5.15. The summed E-state index contributed by atoms with van der Waals surface area (Å²) < 4.78 is 84.6. The molecule has 1 aliphatic rings. The zero-order valence-corrected chi connectivity index (χ0v) is 17.3. The number of rotatable bonds is 4. The van der Waals surface area contributed by atoms with Gasteiger partial charge in [-0.1, -0.05) is 18.2 Å². The Morgan fingerprint density at radius 2 is 1.42 bits per heavy atom. The minimum Gasteiger partial charge on any atom is -0.459 e. The van der Waals surface area contributed by atoms with Gasteiger partial charge in [0.2, 0.25) is 0 Å². The van der Waals surface area contributed by atoms with Crippen molar-refractivity contribution >= 4 is 11.0 Å². The fourth-order valence-electron chi connectivity index (χ4n) is 3.95.